The molecule has 3 aromatic rings. The predicted molar refractivity (Wildman–Crippen MR) is 136 cm³/mol. The van der Waals surface area contributed by atoms with E-state index in [2.05, 4.69) is 21.6 Å². The second-order valence-corrected chi connectivity index (χ2v) is 11.0. The molecular formula is C24H25ClFN6O3P. The van der Waals surface area contributed by atoms with Crippen molar-refractivity contribution >= 4 is 41.8 Å². The van der Waals surface area contributed by atoms with E-state index in [1.54, 1.807) is 35.9 Å². The number of rotatable bonds is 8. The molecule has 0 saturated carbocycles. The molecule has 1 aromatic heterocycles. The maximum Gasteiger partial charge on any atom is 0.272 e. The number of hydrogen-bond acceptors (Lipinski definition) is 5. The summed E-state index contributed by atoms with van der Waals surface area (Å²) in [5, 5.41) is 20.5. The minimum absolute atomic E-state index is 0.137. The van der Waals surface area contributed by atoms with Crippen molar-refractivity contribution in [2.24, 2.45) is 0 Å². The summed E-state index contributed by atoms with van der Waals surface area (Å²) in [4.78, 5) is 13.2. The van der Waals surface area contributed by atoms with E-state index in [0.717, 1.165) is 0 Å². The molecule has 2 heterocycles. The lowest BCUT2D eigenvalue weighted by molar-refractivity contribution is 0.0729. The van der Waals surface area contributed by atoms with Crippen LogP contribution in [0.25, 0.3) is 0 Å². The summed E-state index contributed by atoms with van der Waals surface area (Å²) in [5.41, 5.74) is 1.23. The highest BCUT2D eigenvalue weighted by Gasteiger charge is 2.40. The number of aromatic nitrogens is 2. The molecule has 0 spiro atoms. The number of halogens is 2. The molecule has 36 heavy (non-hydrogen) atoms. The van der Waals surface area contributed by atoms with Gasteiger partial charge in [0, 0.05) is 29.4 Å². The lowest BCUT2D eigenvalue weighted by atomic mass is 10.2. The topological polar surface area (TPSA) is 112 Å². The molecule has 1 saturated heterocycles. The zero-order chi connectivity index (χ0) is 25.7. The number of carbonyl (C=O) groups is 1. The van der Waals surface area contributed by atoms with E-state index in [-0.39, 0.29) is 18.8 Å². The molecule has 9 nitrogen and oxygen atoms in total. The molecule has 1 unspecified atom stereocenters. The summed E-state index contributed by atoms with van der Waals surface area (Å²) in [5.74, 6) is -0.633. The number of amides is 1. The van der Waals surface area contributed by atoms with E-state index in [4.69, 9.17) is 21.6 Å². The monoisotopic (exact) mass is 530 g/mol. The second-order valence-electron chi connectivity index (χ2n) is 8.14. The van der Waals surface area contributed by atoms with Gasteiger partial charge in [-0.3, -0.25) is 9.36 Å². The van der Waals surface area contributed by atoms with Crippen LogP contribution in [0.4, 0.5) is 15.9 Å². The minimum atomic E-state index is -3.65. The molecule has 12 heteroatoms. The van der Waals surface area contributed by atoms with Crippen molar-refractivity contribution in [3.05, 3.63) is 70.6 Å². The summed E-state index contributed by atoms with van der Waals surface area (Å²) >= 11 is 5.96. The van der Waals surface area contributed by atoms with Crippen LogP contribution in [0.15, 0.2) is 48.5 Å². The number of anilines is 2. The fourth-order valence-corrected chi connectivity index (χ4v) is 6.79. The lowest BCUT2D eigenvalue weighted by Crippen LogP contribution is -2.40. The third-order valence-electron chi connectivity index (χ3n) is 5.68. The first-order valence-electron chi connectivity index (χ1n) is 11.3. The summed E-state index contributed by atoms with van der Waals surface area (Å²) in [7, 11) is -3.65. The number of benzene rings is 2. The fraction of sp³-hybridized carbons (Fsp3) is 0.292. The van der Waals surface area contributed by atoms with Gasteiger partial charge in [-0.1, -0.05) is 11.6 Å². The van der Waals surface area contributed by atoms with Gasteiger partial charge in [-0.25, -0.2) is 13.7 Å². The van der Waals surface area contributed by atoms with Crippen molar-refractivity contribution in [1.82, 2.24) is 14.5 Å². The Morgan fingerprint density at radius 1 is 1.19 bits per heavy atom. The van der Waals surface area contributed by atoms with Crippen LogP contribution < -0.4 is 15.7 Å². The Morgan fingerprint density at radius 2 is 1.86 bits per heavy atom. The van der Waals surface area contributed by atoms with Gasteiger partial charge in [0.25, 0.3) is 13.4 Å². The highest BCUT2D eigenvalue weighted by atomic mass is 35.5. The second kappa shape index (κ2) is 11.2. The van der Waals surface area contributed by atoms with Crippen LogP contribution in [0.2, 0.25) is 5.02 Å². The normalized spacial score (nSPS) is 15.6. The third-order valence-corrected chi connectivity index (χ3v) is 8.83. The maximum atomic E-state index is 14.9. The van der Waals surface area contributed by atoms with Crippen molar-refractivity contribution in [2.75, 3.05) is 36.7 Å². The molecule has 0 aliphatic carbocycles. The molecular weight excluding hydrogens is 506 g/mol. The molecule has 1 aliphatic rings. The van der Waals surface area contributed by atoms with Crippen LogP contribution in [0.3, 0.4) is 0 Å². The van der Waals surface area contributed by atoms with Gasteiger partial charge in [-0.2, -0.15) is 10.4 Å². The Hall–Kier alpha value is -3.22. The van der Waals surface area contributed by atoms with E-state index < -0.39 is 19.2 Å². The van der Waals surface area contributed by atoms with E-state index in [1.807, 2.05) is 0 Å². The number of morpholine rings is 1. The summed E-state index contributed by atoms with van der Waals surface area (Å²) < 4.78 is 37.2. The number of nitrogens with zero attached hydrogens (tertiary/aromatic N) is 4. The van der Waals surface area contributed by atoms with Gasteiger partial charge in [0.15, 0.2) is 0 Å². The average Bonchev–Trinajstić information content (AvgIpc) is 3.19. The zero-order valence-electron chi connectivity index (χ0n) is 19.6. The van der Waals surface area contributed by atoms with Gasteiger partial charge >= 0.3 is 0 Å². The Balaban J connectivity index is 1.82. The van der Waals surface area contributed by atoms with Gasteiger partial charge in [0.05, 0.1) is 37.9 Å². The Labute approximate surface area is 213 Å². The number of ether oxygens (including phenoxy) is 1. The smallest absolute Gasteiger partial charge is 0.272 e. The Kier molecular flexibility index (Phi) is 8.07. The van der Waals surface area contributed by atoms with Crippen molar-refractivity contribution in [3.8, 4) is 6.07 Å². The molecule has 0 radical (unpaired) electrons. The summed E-state index contributed by atoms with van der Waals surface area (Å²) in [6, 6.07) is 14.0. The van der Waals surface area contributed by atoms with Gasteiger partial charge in [-0.15, -0.1) is 0 Å². The van der Waals surface area contributed by atoms with E-state index in [0.29, 0.717) is 53.6 Å². The SMILES string of the molecule is Cc1nn(CCC#N)c(NC(=O)c2ccc(Cl)cc2)c1P(=O)(Nc1ccc(F)cc1)N1CCOCC1. The molecule has 1 amide bonds. The van der Waals surface area contributed by atoms with Crippen molar-refractivity contribution in [1.29, 1.82) is 5.26 Å². The van der Waals surface area contributed by atoms with Crippen molar-refractivity contribution < 1.29 is 18.5 Å². The van der Waals surface area contributed by atoms with Crippen molar-refractivity contribution in [3.63, 3.8) is 0 Å². The van der Waals surface area contributed by atoms with E-state index in [1.165, 1.54) is 28.9 Å². The third kappa shape index (κ3) is 5.61. The molecule has 2 N–H and O–H groups in total. The van der Waals surface area contributed by atoms with Crippen LogP contribution in [0.5, 0.6) is 0 Å². The average molecular weight is 531 g/mol. The first-order valence-corrected chi connectivity index (χ1v) is 13.3. The fourth-order valence-electron chi connectivity index (χ4n) is 3.96. The van der Waals surface area contributed by atoms with Crippen LogP contribution in [-0.2, 0) is 15.8 Å². The number of carbonyl (C=O) groups excluding carboxylic acids is 1. The molecule has 0 bridgehead atoms. The number of hydrogen-bond donors (Lipinski definition) is 2. The standard InChI is InChI=1S/C24H25ClFN6O3P/c1-17-22(36(34,31-13-15-35-16-14-31)30-21-9-7-20(26)8-10-21)23(32(29-17)12-2-11-27)28-24(33)18-3-5-19(25)6-4-18/h3-10H,2,12-16H2,1H3,(H,28,33)(H,30,34). The minimum Gasteiger partial charge on any atom is -0.379 e. The van der Waals surface area contributed by atoms with E-state index in [9.17, 15) is 13.8 Å². The van der Waals surface area contributed by atoms with Gasteiger partial charge in [-0.05, 0) is 55.5 Å². The van der Waals surface area contributed by atoms with Gasteiger partial charge < -0.3 is 15.1 Å². The highest BCUT2D eigenvalue weighted by molar-refractivity contribution is 7.71. The zero-order valence-corrected chi connectivity index (χ0v) is 21.2. The molecule has 1 fully saturated rings. The molecule has 188 valence electrons. The van der Waals surface area contributed by atoms with Gasteiger partial charge in [0.1, 0.15) is 16.9 Å². The van der Waals surface area contributed by atoms with Crippen molar-refractivity contribution in [2.45, 2.75) is 19.9 Å². The lowest BCUT2D eigenvalue weighted by Gasteiger charge is -2.35. The molecule has 4 rings (SSSR count). The molecule has 1 atom stereocenters. The number of nitrogens with one attached hydrogen (secondary N) is 2. The van der Waals surface area contributed by atoms with Crippen LogP contribution >= 0.6 is 19.0 Å². The van der Waals surface area contributed by atoms with Crippen LogP contribution in [-0.4, -0.2) is 46.7 Å². The Bertz CT molecular complexity index is 1320. The largest absolute Gasteiger partial charge is 0.379 e. The molecule has 2 aromatic carbocycles. The highest BCUT2D eigenvalue weighted by Crippen LogP contribution is 2.51. The first-order chi connectivity index (χ1) is 17.3. The number of aryl methyl sites for hydroxylation is 2. The van der Waals surface area contributed by atoms with Gasteiger partial charge in [0.2, 0.25) is 0 Å². The summed E-state index contributed by atoms with van der Waals surface area (Å²) in [6.45, 7) is 3.40. The maximum absolute atomic E-state index is 14.9. The van der Waals surface area contributed by atoms with Crippen LogP contribution in [0.1, 0.15) is 22.5 Å². The summed E-state index contributed by atoms with van der Waals surface area (Å²) in [6.07, 6.45) is 0.137. The molecule has 1 aliphatic heterocycles. The van der Waals surface area contributed by atoms with Crippen LogP contribution in [0, 0.1) is 24.1 Å². The van der Waals surface area contributed by atoms with E-state index >= 15 is 0 Å². The predicted octanol–water partition coefficient (Wildman–Crippen LogP) is 4.41. The quantitative estimate of drug-likeness (QED) is 0.415. The first kappa shape index (κ1) is 25.9. The Morgan fingerprint density at radius 3 is 2.50 bits per heavy atom. The number of nitriles is 1.